The van der Waals surface area contributed by atoms with E-state index in [-0.39, 0.29) is 6.61 Å². The van der Waals surface area contributed by atoms with Gasteiger partial charge in [0.15, 0.2) is 6.61 Å². The van der Waals surface area contributed by atoms with Gasteiger partial charge in [-0.3, -0.25) is 4.98 Å². The highest BCUT2D eigenvalue weighted by molar-refractivity contribution is 9.08. The molecule has 1 rings (SSSR count). The first-order chi connectivity index (χ1) is 5.86. The summed E-state index contributed by atoms with van der Waals surface area (Å²) in [5, 5.41) is 8.95. The van der Waals surface area contributed by atoms with Gasteiger partial charge in [-0.25, -0.2) is 0 Å². The van der Waals surface area contributed by atoms with Crippen molar-refractivity contribution in [2.75, 3.05) is 6.61 Å². The molecular formula is C8H7BrN2O. The van der Waals surface area contributed by atoms with Gasteiger partial charge in [0, 0.05) is 5.33 Å². The zero-order valence-corrected chi connectivity index (χ0v) is 7.91. The molecule has 1 aromatic heterocycles. The van der Waals surface area contributed by atoms with Crippen LogP contribution in [0.2, 0.25) is 0 Å². The van der Waals surface area contributed by atoms with E-state index < -0.39 is 0 Å². The monoisotopic (exact) mass is 226 g/mol. The van der Waals surface area contributed by atoms with E-state index in [1.807, 2.05) is 12.1 Å². The van der Waals surface area contributed by atoms with E-state index in [9.17, 15) is 0 Å². The van der Waals surface area contributed by atoms with Crippen molar-refractivity contribution in [3.05, 3.63) is 24.0 Å². The molecule has 0 fully saturated rings. The lowest BCUT2D eigenvalue weighted by Crippen LogP contribution is -1.94. The molecule has 0 aliphatic rings. The van der Waals surface area contributed by atoms with Crippen LogP contribution in [-0.4, -0.2) is 11.6 Å². The SMILES string of the molecule is N#CCOc1ccc(CBr)nc1. The fourth-order valence-electron chi connectivity index (χ4n) is 0.691. The Morgan fingerprint density at radius 2 is 2.42 bits per heavy atom. The number of ether oxygens (including phenoxy) is 1. The Morgan fingerprint density at radius 3 is 2.92 bits per heavy atom. The first-order valence-electron chi connectivity index (χ1n) is 3.37. The van der Waals surface area contributed by atoms with Crippen molar-refractivity contribution in [3.8, 4) is 11.8 Å². The number of hydrogen-bond acceptors (Lipinski definition) is 3. The predicted octanol–water partition coefficient (Wildman–Crippen LogP) is 1.88. The molecule has 0 aliphatic heterocycles. The average molecular weight is 227 g/mol. The number of nitriles is 1. The van der Waals surface area contributed by atoms with Crippen LogP contribution in [0.1, 0.15) is 5.69 Å². The molecule has 0 radical (unpaired) electrons. The summed E-state index contributed by atoms with van der Waals surface area (Å²) in [7, 11) is 0. The third-order valence-corrected chi connectivity index (χ3v) is 1.81. The van der Waals surface area contributed by atoms with Gasteiger partial charge in [0.1, 0.15) is 11.8 Å². The number of rotatable bonds is 3. The molecule has 0 N–H and O–H groups in total. The third-order valence-electron chi connectivity index (χ3n) is 1.24. The molecule has 0 saturated heterocycles. The van der Waals surface area contributed by atoms with Crippen LogP contribution < -0.4 is 4.74 Å². The maximum atomic E-state index is 8.23. The zero-order valence-electron chi connectivity index (χ0n) is 6.33. The molecule has 3 nitrogen and oxygen atoms in total. The van der Waals surface area contributed by atoms with Crippen LogP contribution in [0.5, 0.6) is 5.75 Å². The molecule has 1 aromatic rings. The summed E-state index contributed by atoms with van der Waals surface area (Å²) in [6.45, 7) is 0.0648. The Kier molecular flexibility index (Phi) is 3.55. The van der Waals surface area contributed by atoms with Crippen LogP contribution in [0.3, 0.4) is 0 Å². The second-order valence-electron chi connectivity index (χ2n) is 2.07. The van der Waals surface area contributed by atoms with Crippen molar-refractivity contribution < 1.29 is 4.74 Å². The van der Waals surface area contributed by atoms with Crippen LogP contribution in [0, 0.1) is 11.3 Å². The molecule has 0 unspecified atom stereocenters. The Hall–Kier alpha value is -1.08. The molecule has 0 spiro atoms. The Balaban J connectivity index is 2.60. The van der Waals surface area contributed by atoms with Gasteiger partial charge < -0.3 is 4.74 Å². The second kappa shape index (κ2) is 4.73. The Labute approximate surface area is 79.1 Å². The zero-order chi connectivity index (χ0) is 8.81. The number of alkyl halides is 1. The minimum atomic E-state index is 0.0648. The van der Waals surface area contributed by atoms with E-state index in [0.717, 1.165) is 11.0 Å². The summed E-state index contributed by atoms with van der Waals surface area (Å²) < 4.78 is 5.02. The van der Waals surface area contributed by atoms with Gasteiger partial charge in [-0.1, -0.05) is 15.9 Å². The first-order valence-corrected chi connectivity index (χ1v) is 4.49. The van der Waals surface area contributed by atoms with Gasteiger partial charge in [-0.05, 0) is 12.1 Å². The van der Waals surface area contributed by atoms with Crippen molar-refractivity contribution in [2.45, 2.75) is 5.33 Å². The maximum absolute atomic E-state index is 8.23. The van der Waals surface area contributed by atoms with Crippen LogP contribution >= 0.6 is 15.9 Å². The number of hydrogen-bond donors (Lipinski definition) is 0. The number of aromatic nitrogens is 1. The van der Waals surface area contributed by atoms with Crippen molar-refractivity contribution in [1.29, 1.82) is 5.26 Å². The second-order valence-corrected chi connectivity index (χ2v) is 2.63. The van der Waals surface area contributed by atoms with Crippen molar-refractivity contribution in [3.63, 3.8) is 0 Å². The van der Waals surface area contributed by atoms with Crippen molar-refractivity contribution >= 4 is 15.9 Å². The van der Waals surface area contributed by atoms with Crippen LogP contribution in [0.15, 0.2) is 18.3 Å². The van der Waals surface area contributed by atoms with Crippen molar-refractivity contribution in [1.82, 2.24) is 4.98 Å². The van der Waals surface area contributed by atoms with Crippen LogP contribution in [-0.2, 0) is 5.33 Å². The molecule has 62 valence electrons. The Bertz CT molecular complexity index is 278. The molecule has 0 saturated carbocycles. The fraction of sp³-hybridized carbons (Fsp3) is 0.250. The van der Waals surface area contributed by atoms with E-state index in [4.69, 9.17) is 10.00 Å². The van der Waals surface area contributed by atoms with Gasteiger partial charge in [-0.2, -0.15) is 5.26 Å². The summed E-state index contributed by atoms with van der Waals surface area (Å²) in [6.07, 6.45) is 1.61. The number of halogens is 1. The largest absolute Gasteiger partial charge is 0.477 e. The van der Waals surface area contributed by atoms with Gasteiger partial charge in [-0.15, -0.1) is 0 Å². The molecule has 0 aliphatic carbocycles. The topological polar surface area (TPSA) is 45.9 Å². The van der Waals surface area contributed by atoms with Gasteiger partial charge in [0.05, 0.1) is 11.9 Å². The van der Waals surface area contributed by atoms with E-state index in [1.165, 1.54) is 0 Å². The smallest absolute Gasteiger partial charge is 0.174 e. The molecule has 0 aromatic carbocycles. The summed E-state index contributed by atoms with van der Waals surface area (Å²) in [6, 6.07) is 5.53. The van der Waals surface area contributed by atoms with Crippen LogP contribution in [0.25, 0.3) is 0 Å². The highest BCUT2D eigenvalue weighted by Crippen LogP contribution is 2.10. The molecule has 1 heterocycles. The predicted molar refractivity (Wildman–Crippen MR) is 48.0 cm³/mol. The average Bonchev–Trinajstić information content (AvgIpc) is 2.15. The summed E-state index contributed by atoms with van der Waals surface area (Å²) in [5.41, 5.74) is 0.944. The lowest BCUT2D eigenvalue weighted by molar-refractivity contribution is 0.366. The summed E-state index contributed by atoms with van der Waals surface area (Å²) in [5.74, 6) is 0.626. The first kappa shape index (κ1) is 9.01. The van der Waals surface area contributed by atoms with E-state index in [2.05, 4.69) is 20.9 Å². The van der Waals surface area contributed by atoms with E-state index in [0.29, 0.717) is 5.75 Å². The van der Waals surface area contributed by atoms with Gasteiger partial charge in [0.2, 0.25) is 0 Å². The minimum Gasteiger partial charge on any atom is -0.477 e. The quantitative estimate of drug-likeness (QED) is 0.740. The highest BCUT2D eigenvalue weighted by Gasteiger charge is 1.93. The molecule has 0 atom stereocenters. The fourth-order valence-corrected chi connectivity index (χ4v) is 1.02. The Morgan fingerprint density at radius 1 is 1.58 bits per heavy atom. The molecule has 0 bridgehead atoms. The molecule has 0 amide bonds. The van der Waals surface area contributed by atoms with Gasteiger partial charge >= 0.3 is 0 Å². The molecule has 12 heavy (non-hydrogen) atoms. The standard InChI is InChI=1S/C8H7BrN2O/c9-5-7-1-2-8(6-11-7)12-4-3-10/h1-2,6H,4-5H2. The lowest BCUT2D eigenvalue weighted by atomic mass is 10.4. The number of pyridine rings is 1. The normalized spacial score (nSPS) is 9.00. The number of nitrogens with zero attached hydrogens (tertiary/aromatic N) is 2. The third kappa shape index (κ3) is 2.51. The highest BCUT2D eigenvalue weighted by atomic mass is 79.9. The lowest BCUT2D eigenvalue weighted by Gasteiger charge is -2.00. The van der Waals surface area contributed by atoms with Gasteiger partial charge in [0.25, 0.3) is 0 Å². The summed E-state index contributed by atoms with van der Waals surface area (Å²) >= 11 is 3.28. The minimum absolute atomic E-state index is 0.0648. The van der Waals surface area contributed by atoms with E-state index >= 15 is 0 Å². The molecular weight excluding hydrogens is 220 g/mol. The maximum Gasteiger partial charge on any atom is 0.174 e. The van der Waals surface area contributed by atoms with Crippen molar-refractivity contribution in [2.24, 2.45) is 0 Å². The summed E-state index contributed by atoms with van der Waals surface area (Å²) in [4.78, 5) is 4.07. The molecule has 4 heteroatoms. The van der Waals surface area contributed by atoms with E-state index in [1.54, 1.807) is 12.3 Å². The van der Waals surface area contributed by atoms with Crippen LogP contribution in [0.4, 0.5) is 0 Å².